The molecule has 16 heavy (non-hydrogen) atoms. The predicted molar refractivity (Wildman–Crippen MR) is 63.6 cm³/mol. The zero-order valence-electron chi connectivity index (χ0n) is 9.59. The predicted octanol–water partition coefficient (Wildman–Crippen LogP) is 2.16. The summed E-state index contributed by atoms with van der Waals surface area (Å²) in [5.41, 5.74) is 1.32. The number of nitrogens with zero attached hydrogens (tertiary/aromatic N) is 2. The van der Waals surface area contributed by atoms with Gasteiger partial charge >= 0.3 is 5.97 Å². The van der Waals surface area contributed by atoms with Crippen molar-refractivity contribution in [1.29, 1.82) is 0 Å². The summed E-state index contributed by atoms with van der Waals surface area (Å²) in [5, 5.41) is 7.72. The highest BCUT2D eigenvalue weighted by Gasteiger charge is 2.10. The van der Waals surface area contributed by atoms with Crippen LogP contribution in [0.4, 0.5) is 5.69 Å². The second-order valence-corrected chi connectivity index (χ2v) is 3.65. The number of rotatable bonds is 2. The molecule has 0 atom stereocenters. The molecule has 1 aromatic rings. The summed E-state index contributed by atoms with van der Waals surface area (Å²) in [7, 11) is 0. The molecule has 2 rings (SSSR count). The van der Waals surface area contributed by atoms with Crippen LogP contribution in [-0.4, -0.2) is 29.1 Å². The van der Waals surface area contributed by atoms with Crippen LogP contribution < -0.4 is 4.90 Å². The van der Waals surface area contributed by atoms with E-state index < -0.39 is 5.97 Å². The molecule has 0 aromatic carbocycles. The Labute approximate surface area is 95.9 Å². The van der Waals surface area contributed by atoms with Crippen LogP contribution >= 0.6 is 0 Å². The first kappa shape index (κ1) is 12.5. The van der Waals surface area contributed by atoms with Gasteiger partial charge in [0.2, 0.25) is 0 Å². The van der Waals surface area contributed by atoms with Gasteiger partial charge in [-0.25, -0.2) is 0 Å². The van der Waals surface area contributed by atoms with E-state index in [-0.39, 0.29) is 6.42 Å². The van der Waals surface area contributed by atoms with Gasteiger partial charge in [-0.2, -0.15) is 0 Å². The number of hydrogen-bond donors (Lipinski definition) is 1. The maximum absolute atomic E-state index is 9.37. The molecule has 1 aliphatic rings. The lowest BCUT2D eigenvalue weighted by atomic mass is 10.4. The average Bonchev–Trinajstić information content (AvgIpc) is 2.84. The van der Waals surface area contributed by atoms with Crippen LogP contribution in [-0.2, 0) is 4.79 Å². The largest absolute Gasteiger partial charge is 0.481 e. The molecule has 4 heteroatoms. The van der Waals surface area contributed by atoms with Gasteiger partial charge in [0.05, 0.1) is 0 Å². The van der Waals surface area contributed by atoms with Crippen molar-refractivity contribution in [1.82, 2.24) is 4.98 Å². The molecule has 0 aliphatic carbocycles. The fourth-order valence-corrected chi connectivity index (χ4v) is 1.53. The first-order chi connectivity index (χ1) is 7.74. The Hall–Kier alpha value is -1.58. The summed E-state index contributed by atoms with van der Waals surface area (Å²) in [5.74, 6) is -0.745. The van der Waals surface area contributed by atoms with Crippen LogP contribution in [0.3, 0.4) is 0 Å². The van der Waals surface area contributed by atoms with Gasteiger partial charge < -0.3 is 10.0 Å². The number of anilines is 1. The number of carbonyl (C=O) groups is 1. The van der Waals surface area contributed by atoms with Gasteiger partial charge in [0, 0.05) is 37.6 Å². The Morgan fingerprint density at radius 3 is 2.31 bits per heavy atom. The summed E-state index contributed by atoms with van der Waals surface area (Å²) in [6, 6.07) is 4.15. The Bertz CT molecular complexity index is 308. The van der Waals surface area contributed by atoms with E-state index in [0.717, 1.165) is 0 Å². The van der Waals surface area contributed by atoms with E-state index in [0.29, 0.717) is 0 Å². The highest BCUT2D eigenvalue weighted by molar-refractivity contribution is 5.66. The third kappa shape index (κ3) is 4.29. The van der Waals surface area contributed by atoms with Crippen molar-refractivity contribution < 1.29 is 9.90 Å². The van der Waals surface area contributed by atoms with E-state index in [1.165, 1.54) is 31.6 Å². The monoisotopic (exact) mass is 222 g/mol. The highest BCUT2D eigenvalue weighted by atomic mass is 16.4. The molecule has 1 saturated heterocycles. The molecule has 4 nitrogen and oxygen atoms in total. The van der Waals surface area contributed by atoms with Crippen molar-refractivity contribution in [3.05, 3.63) is 24.5 Å². The molecular weight excluding hydrogens is 204 g/mol. The van der Waals surface area contributed by atoms with Crippen LogP contribution in [0.25, 0.3) is 0 Å². The third-order valence-electron chi connectivity index (χ3n) is 2.44. The summed E-state index contributed by atoms with van der Waals surface area (Å²) in [6.45, 7) is 4.02. The quantitative estimate of drug-likeness (QED) is 0.833. The standard InChI is InChI=1S/C9H12N2.C3H6O2/c1-2-8-11(7-1)9-3-5-10-6-4-9;1-2-3(4)5/h3-6H,1-2,7-8H2;2H2,1H3,(H,4,5). The lowest BCUT2D eigenvalue weighted by Crippen LogP contribution is -2.17. The Morgan fingerprint density at radius 2 is 1.88 bits per heavy atom. The molecule has 88 valence electrons. The van der Waals surface area contributed by atoms with Crippen LogP contribution in [0.2, 0.25) is 0 Å². The number of aromatic nitrogens is 1. The SMILES string of the molecule is CCC(=O)O.c1cc(N2CCCC2)ccn1. The molecule has 1 aromatic heterocycles. The van der Waals surface area contributed by atoms with Gasteiger partial charge in [-0.05, 0) is 25.0 Å². The minimum Gasteiger partial charge on any atom is -0.481 e. The van der Waals surface area contributed by atoms with Gasteiger partial charge in [0.15, 0.2) is 0 Å². The maximum Gasteiger partial charge on any atom is 0.303 e. The molecule has 1 N–H and O–H groups in total. The van der Waals surface area contributed by atoms with Crippen molar-refractivity contribution in [2.24, 2.45) is 0 Å². The van der Waals surface area contributed by atoms with Crippen molar-refractivity contribution >= 4 is 11.7 Å². The van der Waals surface area contributed by atoms with E-state index >= 15 is 0 Å². The van der Waals surface area contributed by atoms with Crippen LogP contribution in [0, 0.1) is 0 Å². The van der Waals surface area contributed by atoms with Gasteiger partial charge in [-0.3, -0.25) is 9.78 Å². The average molecular weight is 222 g/mol. The smallest absolute Gasteiger partial charge is 0.303 e. The van der Waals surface area contributed by atoms with Crippen molar-refractivity contribution in [2.45, 2.75) is 26.2 Å². The Kier molecular flexibility index (Phi) is 5.32. The lowest BCUT2D eigenvalue weighted by Gasteiger charge is -2.16. The van der Waals surface area contributed by atoms with E-state index in [2.05, 4.69) is 22.0 Å². The Morgan fingerprint density at radius 1 is 1.38 bits per heavy atom. The van der Waals surface area contributed by atoms with Crippen LogP contribution in [0.1, 0.15) is 26.2 Å². The topological polar surface area (TPSA) is 53.4 Å². The van der Waals surface area contributed by atoms with Gasteiger partial charge in [0.25, 0.3) is 0 Å². The molecule has 0 spiro atoms. The maximum atomic E-state index is 9.37. The summed E-state index contributed by atoms with van der Waals surface area (Å²) < 4.78 is 0. The fourth-order valence-electron chi connectivity index (χ4n) is 1.53. The Balaban J connectivity index is 0.000000221. The first-order valence-corrected chi connectivity index (χ1v) is 5.60. The van der Waals surface area contributed by atoms with Crippen molar-refractivity contribution in [3.63, 3.8) is 0 Å². The van der Waals surface area contributed by atoms with E-state index in [1.807, 2.05) is 12.4 Å². The molecule has 0 saturated carbocycles. The summed E-state index contributed by atoms with van der Waals surface area (Å²) >= 11 is 0. The lowest BCUT2D eigenvalue weighted by molar-refractivity contribution is -0.136. The molecule has 0 radical (unpaired) electrons. The zero-order valence-corrected chi connectivity index (χ0v) is 9.59. The minimum atomic E-state index is -0.745. The summed E-state index contributed by atoms with van der Waals surface area (Å²) in [4.78, 5) is 15.8. The molecular formula is C12H18N2O2. The number of carboxylic acid groups (broad SMARTS) is 1. The van der Waals surface area contributed by atoms with Gasteiger partial charge in [-0.1, -0.05) is 6.92 Å². The molecule has 1 aliphatic heterocycles. The van der Waals surface area contributed by atoms with Crippen molar-refractivity contribution in [3.8, 4) is 0 Å². The number of aliphatic carboxylic acids is 1. The minimum absolute atomic E-state index is 0.222. The van der Waals surface area contributed by atoms with Crippen molar-refractivity contribution in [2.75, 3.05) is 18.0 Å². The van der Waals surface area contributed by atoms with Gasteiger partial charge in [0.1, 0.15) is 0 Å². The van der Waals surface area contributed by atoms with Crippen LogP contribution in [0.5, 0.6) is 0 Å². The summed E-state index contributed by atoms with van der Waals surface area (Å²) in [6.07, 6.45) is 6.60. The highest BCUT2D eigenvalue weighted by Crippen LogP contribution is 2.17. The number of carboxylic acids is 1. The van der Waals surface area contributed by atoms with E-state index in [1.54, 1.807) is 6.92 Å². The molecule has 0 unspecified atom stereocenters. The second kappa shape index (κ2) is 6.82. The number of pyridine rings is 1. The molecule has 1 fully saturated rings. The molecule has 0 amide bonds. The number of hydrogen-bond acceptors (Lipinski definition) is 3. The normalized spacial score (nSPS) is 14.2. The first-order valence-electron chi connectivity index (χ1n) is 5.60. The second-order valence-electron chi connectivity index (χ2n) is 3.65. The van der Waals surface area contributed by atoms with Gasteiger partial charge in [-0.15, -0.1) is 0 Å². The zero-order chi connectivity index (χ0) is 11.8. The van der Waals surface area contributed by atoms with E-state index in [4.69, 9.17) is 5.11 Å². The molecule has 2 heterocycles. The van der Waals surface area contributed by atoms with E-state index in [9.17, 15) is 4.79 Å². The molecule has 0 bridgehead atoms. The third-order valence-corrected chi connectivity index (χ3v) is 2.44. The fraction of sp³-hybridized carbons (Fsp3) is 0.500. The van der Waals surface area contributed by atoms with Crippen LogP contribution in [0.15, 0.2) is 24.5 Å².